The molecule has 0 radical (unpaired) electrons. The highest BCUT2D eigenvalue weighted by Gasteiger charge is 2.12. The number of para-hydroxylation sites is 2. The van der Waals surface area contributed by atoms with Crippen LogP contribution in [0.5, 0.6) is 0 Å². The summed E-state index contributed by atoms with van der Waals surface area (Å²) in [7, 11) is 0. The summed E-state index contributed by atoms with van der Waals surface area (Å²) in [4.78, 5) is 4.82. The fraction of sp³-hybridized carbons (Fsp3) is 0.174. The van der Waals surface area contributed by atoms with Gasteiger partial charge in [-0.05, 0) is 73.9 Å². The third-order valence-corrected chi connectivity index (χ3v) is 4.78. The molecule has 4 rings (SSSR count). The summed E-state index contributed by atoms with van der Waals surface area (Å²) in [5.41, 5.74) is 7.45. The summed E-state index contributed by atoms with van der Waals surface area (Å²) in [5.74, 6) is 1.76. The molecule has 0 aliphatic rings. The van der Waals surface area contributed by atoms with Crippen LogP contribution in [0.2, 0.25) is 0 Å². The van der Waals surface area contributed by atoms with Crippen LogP contribution in [0.15, 0.2) is 59.2 Å². The highest BCUT2D eigenvalue weighted by molar-refractivity contribution is 5.79. The second kappa shape index (κ2) is 6.68. The molecule has 0 saturated heterocycles. The Hall–Kier alpha value is -3.07. The zero-order valence-corrected chi connectivity index (χ0v) is 15.4. The van der Waals surface area contributed by atoms with Gasteiger partial charge in [-0.3, -0.25) is 0 Å². The Kier molecular flexibility index (Phi) is 4.21. The summed E-state index contributed by atoms with van der Waals surface area (Å²) in [5, 5.41) is 0. The van der Waals surface area contributed by atoms with Crippen LogP contribution in [0.3, 0.4) is 0 Å². The Bertz CT molecular complexity index is 1060. The van der Waals surface area contributed by atoms with Gasteiger partial charge in [0.2, 0.25) is 0 Å². The molecule has 3 heteroatoms. The van der Waals surface area contributed by atoms with Crippen molar-refractivity contribution in [2.24, 2.45) is 0 Å². The van der Waals surface area contributed by atoms with Gasteiger partial charge in [0.05, 0.1) is 23.8 Å². The summed E-state index contributed by atoms with van der Waals surface area (Å²) in [6.07, 6.45) is 5.67. The van der Waals surface area contributed by atoms with Gasteiger partial charge in [-0.2, -0.15) is 0 Å². The van der Waals surface area contributed by atoms with Crippen LogP contribution in [0.4, 0.5) is 0 Å². The Morgan fingerprint density at radius 2 is 1.73 bits per heavy atom. The molecule has 0 aliphatic carbocycles. The van der Waals surface area contributed by atoms with E-state index in [1.54, 1.807) is 6.26 Å². The van der Waals surface area contributed by atoms with Gasteiger partial charge in [0.15, 0.2) is 0 Å². The number of furan rings is 1. The molecule has 3 nitrogen and oxygen atoms in total. The molecular formula is C23H22N2O. The van der Waals surface area contributed by atoms with E-state index in [1.165, 1.54) is 22.3 Å². The molecule has 0 fully saturated rings. The maximum absolute atomic E-state index is 5.42. The first kappa shape index (κ1) is 16.4. The van der Waals surface area contributed by atoms with Crippen LogP contribution < -0.4 is 0 Å². The van der Waals surface area contributed by atoms with E-state index < -0.39 is 0 Å². The van der Waals surface area contributed by atoms with Gasteiger partial charge in [0.25, 0.3) is 0 Å². The summed E-state index contributed by atoms with van der Waals surface area (Å²) in [6.45, 7) is 7.32. The molecule has 2 aromatic carbocycles. The van der Waals surface area contributed by atoms with E-state index in [0.29, 0.717) is 0 Å². The molecule has 4 aromatic rings. The number of rotatable bonds is 4. The second-order valence-electron chi connectivity index (χ2n) is 6.77. The van der Waals surface area contributed by atoms with Crippen molar-refractivity contribution in [1.29, 1.82) is 0 Å². The van der Waals surface area contributed by atoms with Crippen molar-refractivity contribution in [2.75, 3.05) is 0 Å². The summed E-state index contributed by atoms with van der Waals surface area (Å²) >= 11 is 0. The Morgan fingerprint density at radius 1 is 0.962 bits per heavy atom. The van der Waals surface area contributed by atoms with Crippen LogP contribution >= 0.6 is 0 Å². The molecule has 0 amide bonds. The van der Waals surface area contributed by atoms with Gasteiger partial charge in [-0.1, -0.05) is 29.8 Å². The van der Waals surface area contributed by atoms with Crippen molar-refractivity contribution in [1.82, 2.24) is 9.55 Å². The smallest absolute Gasteiger partial charge is 0.134 e. The maximum atomic E-state index is 5.42. The van der Waals surface area contributed by atoms with Crippen LogP contribution in [0.25, 0.3) is 23.2 Å². The molecule has 0 unspecified atom stereocenters. The first-order valence-electron chi connectivity index (χ1n) is 8.85. The predicted octanol–water partition coefficient (Wildman–Crippen LogP) is 5.77. The molecule has 2 aromatic heterocycles. The van der Waals surface area contributed by atoms with Gasteiger partial charge in [-0.15, -0.1) is 0 Å². The van der Waals surface area contributed by atoms with Gasteiger partial charge in [0, 0.05) is 0 Å². The normalized spacial score (nSPS) is 11.7. The number of fused-ring (bicyclic) bond motifs is 1. The molecule has 0 bridgehead atoms. The van der Waals surface area contributed by atoms with E-state index in [9.17, 15) is 0 Å². The number of aryl methyl sites for hydroxylation is 3. The monoisotopic (exact) mass is 342 g/mol. The number of nitrogens with zero attached hydrogens (tertiary/aromatic N) is 2. The average molecular weight is 342 g/mol. The third-order valence-electron chi connectivity index (χ3n) is 4.78. The first-order valence-corrected chi connectivity index (χ1v) is 8.85. The molecule has 0 saturated carbocycles. The summed E-state index contributed by atoms with van der Waals surface area (Å²) in [6, 6.07) is 16.6. The number of benzene rings is 2. The largest absolute Gasteiger partial charge is 0.465 e. The Morgan fingerprint density at radius 3 is 2.46 bits per heavy atom. The molecular weight excluding hydrogens is 320 g/mol. The van der Waals surface area contributed by atoms with E-state index >= 15 is 0 Å². The Balaban J connectivity index is 1.82. The van der Waals surface area contributed by atoms with Crippen LogP contribution in [0.1, 0.15) is 33.8 Å². The highest BCUT2D eigenvalue weighted by atomic mass is 16.3. The fourth-order valence-electron chi connectivity index (χ4n) is 3.55. The minimum Gasteiger partial charge on any atom is -0.465 e. The molecule has 130 valence electrons. The maximum Gasteiger partial charge on any atom is 0.134 e. The van der Waals surface area contributed by atoms with Crippen molar-refractivity contribution < 1.29 is 4.42 Å². The minimum absolute atomic E-state index is 0.802. The standard InChI is InChI=1S/C23H22N2O/c1-16-13-17(2)20(18(3)14-16)15-25-22-9-5-4-8-21(22)24-23(25)11-10-19-7-6-12-26-19/h4-14H,15H2,1-3H3/b11-10+. The molecule has 0 spiro atoms. The van der Waals surface area contributed by atoms with Crippen LogP contribution in [-0.2, 0) is 6.54 Å². The first-order chi connectivity index (χ1) is 12.6. The van der Waals surface area contributed by atoms with Gasteiger partial charge < -0.3 is 8.98 Å². The number of aromatic nitrogens is 2. The Labute approximate surface area is 153 Å². The minimum atomic E-state index is 0.802. The van der Waals surface area contributed by atoms with Gasteiger partial charge in [0.1, 0.15) is 11.6 Å². The molecule has 0 N–H and O–H groups in total. The van der Waals surface area contributed by atoms with Crippen molar-refractivity contribution in [3.63, 3.8) is 0 Å². The van der Waals surface area contributed by atoms with E-state index in [2.05, 4.69) is 55.7 Å². The van der Waals surface area contributed by atoms with Crippen molar-refractivity contribution >= 4 is 23.2 Å². The van der Waals surface area contributed by atoms with E-state index in [0.717, 1.165) is 29.2 Å². The zero-order chi connectivity index (χ0) is 18.1. The van der Waals surface area contributed by atoms with Crippen molar-refractivity contribution in [3.05, 3.63) is 88.6 Å². The lowest BCUT2D eigenvalue weighted by Gasteiger charge is -2.14. The lowest BCUT2D eigenvalue weighted by atomic mass is 9.99. The summed E-state index contributed by atoms with van der Waals surface area (Å²) < 4.78 is 7.69. The SMILES string of the molecule is Cc1cc(C)c(Cn2c(/C=C/c3ccco3)nc3ccccc32)c(C)c1. The van der Waals surface area contributed by atoms with Gasteiger partial charge >= 0.3 is 0 Å². The lowest BCUT2D eigenvalue weighted by molar-refractivity contribution is 0.557. The molecule has 26 heavy (non-hydrogen) atoms. The molecule has 0 aliphatic heterocycles. The fourth-order valence-corrected chi connectivity index (χ4v) is 3.55. The van der Waals surface area contributed by atoms with Gasteiger partial charge in [-0.25, -0.2) is 4.98 Å². The molecule has 2 heterocycles. The molecule has 0 atom stereocenters. The van der Waals surface area contributed by atoms with Crippen LogP contribution in [-0.4, -0.2) is 9.55 Å². The quantitative estimate of drug-likeness (QED) is 0.471. The average Bonchev–Trinajstić information content (AvgIpc) is 3.24. The van der Waals surface area contributed by atoms with Crippen molar-refractivity contribution in [3.8, 4) is 0 Å². The number of hydrogen-bond acceptors (Lipinski definition) is 2. The third kappa shape index (κ3) is 3.08. The van der Waals surface area contributed by atoms with E-state index in [-0.39, 0.29) is 0 Å². The van der Waals surface area contributed by atoms with E-state index in [1.807, 2.05) is 30.4 Å². The second-order valence-corrected chi connectivity index (χ2v) is 6.77. The lowest BCUT2D eigenvalue weighted by Crippen LogP contribution is -2.06. The van der Waals surface area contributed by atoms with E-state index in [4.69, 9.17) is 9.40 Å². The topological polar surface area (TPSA) is 31.0 Å². The zero-order valence-electron chi connectivity index (χ0n) is 15.4. The highest BCUT2D eigenvalue weighted by Crippen LogP contribution is 2.23. The van der Waals surface area contributed by atoms with Crippen molar-refractivity contribution in [2.45, 2.75) is 27.3 Å². The number of hydrogen-bond donors (Lipinski definition) is 0. The van der Waals surface area contributed by atoms with Crippen LogP contribution in [0, 0.1) is 20.8 Å². The predicted molar refractivity (Wildman–Crippen MR) is 107 cm³/mol. The number of imidazole rings is 1.